The van der Waals surface area contributed by atoms with Crippen LogP contribution in [0.2, 0.25) is 0 Å². The van der Waals surface area contributed by atoms with Gasteiger partial charge in [0.2, 0.25) is 5.95 Å². The smallest absolute Gasteiger partial charge is 0.212 e. The van der Waals surface area contributed by atoms with Gasteiger partial charge in [0.25, 0.3) is 0 Å². The first-order valence-corrected chi connectivity index (χ1v) is 10.8. The number of hydrogen-bond acceptors (Lipinski definition) is 8. The molecule has 2 N–H and O–H groups in total. The minimum Gasteiger partial charge on any atom is -0.383 e. The third-order valence-electron chi connectivity index (χ3n) is 5.15. The van der Waals surface area contributed by atoms with Gasteiger partial charge in [-0.05, 0) is 29.2 Å². The molecule has 0 aliphatic rings. The number of nitrogens with one attached hydrogen (secondary N) is 2. The summed E-state index contributed by atoms with van der Waals surface area (Å²) in [5, 5.41) is 34.6. The maximum atomic E-state index is 13.6. The Balaban J connectivity index is 1.90. The molecule has 0 bridgehead atoms. The highest BCUT2D eigenvalue weighted by molar-refractivity contribution is 5.99. The van der Waals surface area contributed by atoms with Crippen LogP contribution < -0.4 is 10.6 Å². The van der Waals surface area contributed by atoms with E-state index in [2.05, 4.69) is 63.8 Å². The van der Waals surface area contributed by atoms with E-state index < -0.39 is 12.0 Å². The molecule has 10 heteroatoms. The highest BCUT2D eigenvalue weighted by Crippen LogP contribution is 2.34. The van der Waals surface area contributed by atoms with Gasteiger partial charge in [-0.1, -0.05) is 32.1 Å². The van der Waals surface area contributed by atoms with Crippen LogP contribution in [0.15, 0.2) is 42.9 Å². The highest BCUT2D eigenvalue weighted by Gasteiger charge is 2.21. The minimum absolute atomic E-state index is 0.0753. The number of pyridine rings is 2. The van der Waals surface area contributed by atoms with Crippen molar-refractivity contribution in [1.29, 1.82) is 10.5 Å². The number of aromatic nitrogens is 5. The lowest BCUT2D eigenvalue weighted by Crippen LogP contribution is -2.20. The van der Waals surface area contributed by atoms with Crippen molar-refractivity contribution in [3.05, 3.63) is 71.2 Å². The van der Waals surface area contributed by atoms with E-state index in [1.54, 1.807) is 25.4 Å². The zero-order valence-electron chi connectivity index (χ0n) is 20.8. The van der Waals surface area contributed by atoms with E-state index in [-0.39, 0.29) is 16.7 Å². The predicted molar refractivity (Wildman–Crippen MR) is 130 cm³/mol. The van der Waals surface area contributed by atoms with E-state index in [0.717, 1.165) is 6.07 Å². The fourth-order valence-electron chi connectivity index (χ4n) is 3.50. The molecule has 0 fully saturated rings. The molecule has 1 aromatic carbocycles. The highest BCUT2D eigenvalue weighted by atomic mass is 19.1. The van der Waals surface area contributed by atoms with Gasteiger partial charge in [-0.25, -0.2) is 4.98 Å². The van der Waals surface area contributed by atoms with Gasteiger partial charge in [0.05, 0.1) is 35.9 Å². The number of nitriles is 2. The van der Waals surface area contributed by atoms with Gasteiger partial charge in [0, 0.05) is 37.1 Å². The van der Waals surface area contributed by atoms with Crippen LogP contribution in [0.1, 0.15) is 50.5 Å². The molecule has 0 aliphatic heterocycles. The first-order chi connectivity index (χ1) is 17.0. The lowest BCUT2D eigenvalue weighted by atomic mass is 9.96. The molecule has 1 atom stereocenters. The Morgan fingerprint density at radius 1 is 1.14 bits per heavy atom. The SMILES string of the molecule is [2H]C(Nc1cc(C#N)c2ncc(C#N)c(NCC(C)(C)C)c2c1)(c1ccc(F)nc1)c1cn(C)nn1. The molecule has 0 aliphatic carbocycles. The summed E-state index contributed by atoms with van der Waals surface area (Å²) in [5.41, 5.74) is 2.46. The van der Waals surface area contributed by atoms with Gasteiger partial charge in [-0.3, -0.25) is 9.67 Å². The van der Waals surface area contributed by atoms with Crippen LogP contribution in [0.5, 0.6) is 0 Å². The molecule has 35 heavy (non-hydrogen) atoms. The van der Waals surface area contributed by atoms with E-state index >= 15 is 0 Å². The molecule has 3 aromatic heterocycles. The fraction of sp³-hybridized carbons (Fsp3) is 0.280. The van der Waals surface area contributed by atoms with Crippen molar-refractivity contribution in [1.82, 2.24) is 25.0 Å². The molecule has 0 spiro atoms. The van der Waals surface area contributed by atoms with E-state index in [0.29, 0.717) is 39.9 Å². The van der Waals surface area contributed by atoms with Crippen LogP contribution in [-0.4, -0.2) is 31.5 Å². The van der Waals surface area contributed by atoms with Crippen molar-refractivity contribution in [3.8, 4) is 12.1 Å². The fourth-order valence-corrected chi connectivity index (χ4v) is 3.50. The normalized spacial score (nSPS) is 13.4. The summed E-state index contributed by atoms with van der Waals surface area (Å²) in [7, 11) is 1.67. The van der Waals surface area contributed by atoms with Crippen LogP contribution in [0.3, 0.4) is 0 Å². The van der Waals surface area contributed by atoms with Crippen molar-refractivity contribution in [3.63, 3.8) is 0 Å². The van der Waals surface area contributed by atoms with E-state index in [4.69, 9.17) is 0 Å². The number of nitrogens with zero attached hydrogens (tertiary/aromatic N) is 7. The number of aryl methyl sites for hydroxylation is 1. The molecular weight excluding hydrogens is 445 g/mol. The Morgan fingerprint density at radius 2 is 1.91 bits per heavy atom. The number of halogens is 1. The summed E-state index contributed by atoms with van der Waals surface area (Å²) in [6.07, 6.45) is 4.27. The minimum atomic E-state index is -1.71. The molecule has 0 saturated carbocycles. The Bertz CT molecular complexity index is 1510. The first kappa shape index (κ1) is 22.2. The number of benzene rings is 1. The summed E-state index contributed by atoms with van der Waals surface area (Å²) in [5.74, 6) is -0.678. The zero-order chi connectivity index (χ0) is 26.1. The summed E-state index contributed by atoms with van der Waals surface area (Å²) < 4.78 is 24.3. The molecule has 3 heterocycles. The predicted octanol–water partition coefficient (Wildman–Crippen LogP) is 4.30. The van der Waals surface area contributed by atoms with E-state index in [1.807, 2.05) is 0 Å². The maximum absolute atomic E-state index is 13.6. The second-order valence-corrected chi connectivity index (χ2v) is 9.25. The lowest BCUT2D eigenvalue weighted by molar-refractivity contribution is 0.443. The third-order valence-corrected chi connectivity index (χ3v) is 5.15. The Hall–Kier alpha value is -4.57. The summed E-state index contributed by atoms with van der Waals surface area (Å²) >= 11 is 0. The monoisotopic (exact) mass is 470 g/mol. The molecule has 0 amide bonds. The Labute approximate surface area is 203 Å². The van der Waals surface area contributed by atoms with Crippen LogP contribution >= 0.6 is 0 Å². The average molecular weight is 471 g/mol. The molecule has 4 aromatic rings. The van der Waals surface area contributed by atoms with Gasteiger partial charge < -0.3 is 10.6 Å². The van der Waals surface area contributed by atoms with E-state index in [1.165, 1.54) is 23.1 Å². The molecule has 0 radical (unpaired) electrons. The van der Waals surface area contributed by atoms with Crippen LogP contribution in [0, 0.1) is 34.0 Å². The maximum Gasteiger partial charge on any atom is 0.212 e. The van der Waals surface area contributed by atoms with Crippen molar-refractivity contribution in [2.75, 3.05) is 17.2 Å². The second kappa shape index (κ2) is 9.35. The van der Waals surface area contributed by atoms with Crippen molar-refractivity contribution in [2.45, 2.75) is 26.8 Å². The van der Waals surface area contributed by atoms with Crippen molar-refractivity contribution in [2.24, 2.45) is 12.5 Å². The van der Waals surface area contributed by atoms with Crippen LogP contribution in [0.25, 0.3) is 10.9 Å². The van der Waals surface area contributed by atoms with Crippen molar-refractivity contribution >= 4 is 22.3 Å². The second-order valence-electron chi connectivity index (χ2n) is 9.25. The number of rotatable bonds is 6. The van der Waals surface area contributed by atoms with E-state index in [9.17, 15) is 16.3 Å². The summed E-state index contributed by atoms with van der Waals surface area (Å²) in [6, 6.07) is 8.51. The summed E-state index contributed by atoms with van der Waals surface area (Å²) in [4.78, 5) is 8.05. The molecule has 176 valence electrons. The average Bonchev–Trinajstić information content (AvgIpc) is 3.28. The van der Waals surface area contributed by atoms with Crippen LogP contribution in [-0.2, 0) is 7.05 Å². The number of hydrogen-bond donors (Lipinski definition) is 2. The molecule has 0 saturated heterocycles. The largest absolute Gasteiger partial charge is 0.383 e. The van der Waals surface area contributed by atoms with Gasteiger partial charge in [0.15, 0.2) is 0 Å². The Morgan fingerprint density at radius 3 is 2.51 bits per heavy atom. The van der Waals surface area contributed by atoms with Crippen LogP contribution in [0.4, 0.5) is 15.8 Å². The van der Waals surface area contributed by atoms with Gasteiger partial charge >= 0.3 is 0 Å². The lowest BCUT2D eigenvalue weighted by Gasteiger charge is -2.22. The number of fused-ring (bicyclic) bond motifs is 1. The summed E-state index contributed by atoms with van der Waals surface area (Å²) in [6.45, 7) is 6.77. The quantitative estimate of drug-likeness (QED) is 0.399. The van der Waals surface area contributed by atoms with Gasteiger partial charge in [-0.15, -0.1) is 5.10 Å². The first-order valence-electron chi connectivity index (χ1n) is 11.3. The standard InChI is InChI=1S/C25H24FN9/c1-25(2,3)14-31-23-17(10-28)12-30-22-16(9-27)7-18(8-19(22)23)32-24(20-13-35(4)34-33-20)15-5-6-21(26)29-11-15/h5-8,11-13,24,32H,14H2,1-4H3,(H,30,31)/i24D. The number of anilines is 2. The molecule has 9 nitrogen and oxygen atoms in total. The van der Waals surface area contributed by atoms with Crippen molar-refractivity contribution < 1.29 is 5.76 Å². The molecule has 1 unspecified atom stereocenters. The zero-order valence-corrected chi connectivity index (χ0v) is 19.8. The van der Waals surface area contributed by atoms with Gasteiger partial charge in [-0.2, -0.15) is 14.9 Å². The van der Waals surface area contributed by atoms with Gasteiger partial charge in [0.1, 0.15) is 17.8 Å². The topological polar surface area (TPSA) is 128 Å². The third kappa shape index (κ3) is 5.17. The molecule has 4 rings (SSSR count). The Kier molecular flexibility index (Phi) is 5.94. The molecular formula is C25H24FN9.